The van der Waals surface area contributed by atoms with Gasteiger partial charge < -0.3 is 0 Å². The Hall–Kier alpha value is -0.620. The first-order chi connectivity index (χ1) is 4.95. The van der Waals surface area contributed by atoms with Crippen LogP contribution in [0, 0.1) is 0 Å². The lowest BCUT2D eigenvalue weighted by Crippen LogP contribution is -2.12. The van der Waals surface area contributed by atoms with E-state index < -0.39 is 0 Å². The number of thioether (sulfide) groups is 1. The van der Waals surface area contributed by atoms with Crippen LogP contribution in [0.1, 0.15) is 11.2 Å². The maximum Gasteiger partial charge on any atom is 0.227 e. The minimum absolute atomic E-state index is 0.260. The van der Waals surface area contributed by atoms with Gasteiger partial charge in [0.15, 0.2) is 11.2 Å². The third kappa shape index (κ3) is 0.432. The van der Waals surface area contributed by atoms with E-state index in [4.69, 9.17) is 0 Å². The SMILES string of the molecule is C1=NN2c3nc(ns3)C2S1. The molecule has 0 radical (unpaired) electrons. The highest BCUT2D eigenvalue weighted by Gasteiger charge is 2.36. The molecule has 0 amide bonds. The Kier molecular flexibility index (Phi) is 0.769. The van der Waals surface area contributed by atoms with E-state index in [9.17, 15) is 0 Å². The van der Waals surface area contributed by atoms with Gasteiger partial charge in [-0.3, -0.25) is 0 Å². The van der Waals surface area contributed by atoms with Gasteiger partial charge in [0, 0.05) is 11.5 Å². The van der Waals surface area contributed by atoms with Crippen LogP contribution in [0.2, 0.25) is 0 Å². The zero-order chi connectivity index (χ0) is 6.55. The summed E-state index contributed by atoms with van der Waals surface area (Å²) < 4.78 is 4.13. The van der Waals surface area contributed by atoms with Gasteiger partial charge in [0.2, 0.25) is 5.13 Å². The minimum Gasteiger partial charge on any atom is -0.216 e. The fraction of sp³-hybridized carbons (Fsp3) is 0.250. The first-order valence-corrected chi connectivity index (χ1v) is 4.47. The van der Waals surface area contributed by atoms with Crippen molar-refractivity contribution in [2.75, 3.05) is 5.01 Å². The van der Waals surface area contributed by atoms with Gasteiger partial charge in [-0.05, 0) is 0 Å². The van der Waals surface area contributed by atoms with Gasteiger partial charge in [0.25, 0.3) is 0 Å². The quantitative estimate of drug-likeness (QED) is 0.583. The highest BCUT2D eigenvalue weighted by Crippen LogP contribution is 2.44. The first kappa shape index (κ1) is 5.09. The Morgan fingerprint density at radius 3 is 3.50 bits per heavy atom. The van der Waals surface area contributed by atoms with Crippen molar-refractivity contribution in [2.24, 2.45) is 5.10 Å². The maximum absolute atomic E-state index is 4.21. The average molecular weight is 170 g/mol. The molecule has 0 aromatic carbocycles. The number of hydrogen-bond acceptors (Lipinski definition) is 6. The first-order valence-electron chi connectivity index (χ1n) is 2.76. The molecule has 4 nitrogen and oxygen atoms in total. The third-order valence-corrected chi connectivity index (χ3v) is 3.04. The van der Waals surface area contributed by atoms with Gasteiger partial charge in [-0.25, -0.2) is 5.01 Å². The molecule has 0 spiro atoms. The summed E-state index contributed by atoms with van der Waals surface area (Å²) in [5.41, 5.74) is 1.83. The molecule has 0 aliphatic carbocycles. The van der Waals surface area contributed by atoms with Gasteiger partial charge in [0.1, 0.15) is 0 Å². The second kappa shape index (κ2) is 1.51. The van der Waals surface area contributed by atoms with Crippen LogP contribution in [-0.4, -0.2) is 14.9 Å². The van der Waals surface area contributed by atoms with Gasteiger partial charge >= 0.3 is 0 Å². The van der Waals surface area contributed by atoms with Crippen molar-refractivity contribution in [3.05, 3.63) is 5.82 Å². The molecule has 2 aliphatic rings. The minimum atomic E-state index is 0.260. The molecule has 0 fully saturated rings. The van der Waals surface area contributed by atoms with Crippen molar-refractivity contribution in [2.45, 2.75) is 5.37 Å². The van der Waals surface area contributed by atoms with E-state index >= 15 is 0 Å². The standard InChI is InChI=1S/C4H2N4S2/c1-5-8-3(9-1)2-6-4(8)10-7-2/h1,3H. The van der Waals surface area contributed by atoms with E-state index in [-0.39, 0.29) is 5.37 Å². The number of nitrogens with zero attached hydrogens (tertiary/aromatic N) is 4. The summed E-state index contributed by atoms with van der Waals surface area (Å²) in [5.74, 6) is 0.905. The van der Waals surface area contributed by atoms with Crippen molar-refractivity contribution < 1.29 is 0 Å². The zero-order valence-electron chi connectivity index (χ0n) is 4.76. The van der Waals surface area contributed by atoms with Crippen LogP contribution in [-0.2, 0) is 0 Å². The molecule has 3 rings (SSSR count). The molecule has 0 saturated heterocycles. The molecule has 1 aromatic heterocycles. The van der Waals surface area contributed by atoms with Crippen LogP contribution >= 0.6 is 23.3 Å². The molecule has 3 heterocycles. The molecule has 0 N–H and O–H groups in total. The van der Waals surface area contributed by atoms with Crippen LogP contribution < -0.4 is 5.01 Å². The lowest BCUT2D eigenvalue weighted by molar-refractivity contribution is 0.870. The number of fused-ring (bicyclic) bond motifs is 5. The Morgan fingerprint density at radius 1 is 1.60 bits per heavy atom. The van der Waals surface area contributed by atoms with E-state index in [1.807, 2.05) is 10.6 Å². The van der Waals surface area contributed by atoms with E-state index in [1.54, 1.807) is 11.8 Å². The highest BCUT2D eigenvalue weighted by atomic mass is 32.2. The van der Waals surface area contributed by atoms with Gasteiger partial charge in [-0.2, -0.15) is 14.5 Å². The van der Waals surface area contributed by atoms with Gasteiger partial charge in [-0.15, -0.1) is 0 Å². The van der Waals surface area contributed by atoms with E-state index in [0.717, 1.165) is 11.0 Å². The van der Waals surface area contributed by atoms with Crippen molar-refractivity contribution >= 4 is 34.0 Å². The largest absolute Gasteiger partial charge is 0.227 e. The Morgan fingerprint density at radius 2 is 2.60 bits per heavy atom. The lowest BCUT2D eigenvalue weighted by atomic mass is 10.6. The van der Waals surface area contributed by atoms with Crippen LogP contribution in [0.4, 0.5) is 5.13 Å². The predicted molar refractivity (Wildman–Crippen MR) is 41.2 cm³/mol. The Balaban J connectivity index is 2.23. The fourth-order valence-corrected chi connectivity index (χ4v) is 2.58. The molecule has 1 atom stereocenters. The monoisotopic (exact) mass is 170 g/mol. The Labute approximate surface area is 65.1 Å². The van der Waals surface area contributed by atoms with Crippen LogP contribution in [0.25, 0.3) is 0 Å². The fourth-order valence-electron chi connectivity index (χ4n) is 0.994. The zero-order valence-corrected chi connectivity index (χ0v) is 6.39. The molecule has 6 heteroatoms. The van der Waals surface area contributed by atoms with Crippen LogP contribution in [0.5, 0.6) is 0 Å². The van der Waals surface area contributed by atoms with Crippen molar-refractivity contribution in [3.8, 4) is 0 Å². The highest BCUT2D eigenvalue weighted by molar-refractivity contribution is 8.12. The Bertz CT molecular complexity index is 306. The molecule has 50 valence electrons. The maximum atomic E-state index is 4.21. The normalized spacial score (nSPS) is 26.0. The van der Waals surface area contributed by atoms with Crippen molar-refractivity contribution in [1.29, 1.82) is 0 Å². The summed E-state index contributed by atoms with van der Waals surface area (Å²) in [6.07, 6.45) is 0. The molecule has 2 bridgehead atoms. The van der Waals surface area contributed by atoms with Crippen molar-refractivity contribution in [1.82, 2.24) is 9.36 Å². The van der Waals surface area contributed by atoms with Crippen LogP contribution in [0.3, 0.4) is 0 Å². The lowest BCUT2D eigenvalue weighted by Gasteiger charge is -2.11. The third-order valence-electron chi connectivity index (χ3n) is 1.43. The number of hydrogen-bond donors (Lipinski definition) is 0. The summed E-state index contributed by atoms with van der Waals surface area (Å²) in [6, 6.07) is 0. The second-order valence-corrected chi connectivity index (χ2v) is 3.65. The molecule has 1 aromatic rings. The topological polar surface area (TPSA) is 41.4 Å². The molecule has 2 aliphatic heterocycles. The van der Waals surface area contributed by atoms with Crippen molar-refractivity contribution in [3.63, 3.8) is 0 Å². The van der Waals surface area contributed by atoms with Gasteiger partial charge in [0.05, 0.1) is 5.55 Å². The average Bonchev–Trinajstić information content (AvgIpc) is 2.60. The summed E-state index contributed by atoms with van der Waals surface area (Å²) in [4.78, 5) is 4.21. The molecular weight excluding hydrogens is 168 g/mol. The summed E-state index contributed by atoms with van der Waals surface area (Å²) in [6.45, 7) is 0. The van der Waals surface area contributed by atoms with E-state index in [2.05, 4.69) is 14.5 Å². The summed E-state index contributed by atoms with van der Waals surface area (Å²) >= 11 is 3.06. The number of rotatable bonds is 0. The second-order valence-electron chi connectivity index (χ2n) is 1.99. The van der Waals surface area contributed by atoms with E-state index in [1.165, 1.54) is 11.5 Å². The van der Waals surface area contributed by atoms with E-state index in [0.29, 0.717) is 0 Å². The molecular formula is C4H2N4S2. The molecule has 1 unspecified atom stereocenters. The predicted octanol–water partition coefficient (Wildman–Crippen LogP) is 1.05. The van der Waals surface area contributed by atoms with Crippen LogP contribution in [0.15, 0.2) is 5.10 Å². The summed E-state index contributed by atoms with van der Waals surface area (Å²) in [5, 5.41) is 7.20. The van der Waals surface area contributed by atoms with Gasteiger partial charge in [-0.1, -0.05) is 11.8 Å². The molecule has 10 heavy (non-hydrogen) atoms. The number of aromatic nitrogens is 2. The smallest absolute Gasteiger partial charge is 0.216 e. The number of hydrazone groups is 1. The number of anilines is 1. The summed E-state index contributed by atoms with van der Waals surface area (Å²) in [7, 11) is 0. The molecule has 0 saturated carbocycles.